The Balaban J connectivity index is 1.61. The minimum absolute atomic E-state index is 0.990. The molecule has 0 aliphatic carbocycles. The van der Waals surface area contributed by atoms with Gasteiger partial charge in [-0.1, -0.05) is 81.5 Å². The number of nitrogens with zero attached hydrogens (tertiary/aromatic N) is 2. The molecular weight excluding hydrogens is 304 g/mol. The number of rotatable bonds is 9. The Bertz CT molecular complexity index is 741. The van der Waals surface area contributed by atoms with E-state index in [9.17, 15) is 0 Å². The fraction of sp³-hybridized carbons (Fsp3) is 0.348. The topological polar surface area (TPSA) is 17.8 Å². The van der Waals surface area contributed by atoms with Crippen LogP contribution in [0.15, 0.2) is 67.0 Å². The van der Waals surface area contributed by atoms with Crippen LogP contribution in [0, 0.1) is 0 Å². The van der Waals surface area contributed by atoms with Crippen LogP contribution in [0.4, 0.5) is 0 Å². The van der Waals surface area contributed by atoms with Crippen molar-refractivity contribution in [2.24, 2.45) is 0 Å². The van der Waals surface area contributed by atoms with Gasteiger partial charge in [-0.25, -0.2) is 4.98 Å². The van der Waals surface area contributed by atoms with Gasteiger partial charge in [0.2, 0.25) is 0 Å². The van der Waals surface area contributed by atoms with Crippen molar-refractivity contribution in [3.8, 4) is 17.1 Å². The lowest BCUT2D eigenvalue weighted by Crippen LogP contribution is -1.96. The molecule has 0 atom stereocenters. The molecule has 1 aromatic heterocycles. The smallest absolute Gasteiger partial charge is 0.144 e. The number of imidazole rings is 1. The van der Waals surface area contributed by atoms with Gasteiger partial charge in [0.1, 0.15) is 5.82 Å². The first-order chi connectivity index (χ1) is 12.4. The number of aryl methyl sites for hydroxylation is 1. The number of unbranched alkanes of at least 4 members (excludes halogenated alkanes) is 5. The summed E-state index contributed by atoms with van der Waals surface area (Å²) in [5, 5.41) is 0. The number of benzene rings is 2. The van der Waals surface area contributed by atoms with Gasteiger partial charge < -0.3 is 0 Å². The zero-order valence-electron chi connectivity index (χ0n) is 15.2. The zero-order chi connectivity index (χ0) is 17.3. The van der Waals surface area contributed by atoms with Crippen LogP contribution >= 0.6 is 0 Å². The molecule has 2 nitrogen and oxygen atoms in total. The Hall–Kier alpha value is -2.35. The predicted octanol–water partition coefficient (Wildman–Crippen LogP) is 6.44. The number of hydrogen-bond acceptors (Lipinski definition) is 1. The first-order valence-corrected chi connectivity index (χ1v) is 9.56. The Kier molecular flexibility index (Phi) is 6.44. The van der Waals surface area contributed by atoms with Crippen molar-refractivity contribution in [3.63, 3.8) is 0 Å². The highest BCUT2D eigenvalue weighted by Gasteiger charge is 2.07. The molecule has 2 heteroatoms. The Labute approximate surface area is 151 Å². The van der Waals surface area contributed by atoms with Gasteiger partial charge in [-0.3, -0.25) is 4.57 Å². The average molecular weight is 332 g/mol. The Morgan fingerprint density at radius 2 is 1.52 bits per heavy atom. The molecule has 1 heterocycles. The normalized spacial score (nSPS) is 10.9. The van der Waals surface area contributed by atoms with E-state index < -0.39 is 0 Å². The summed E-state index contributed by atoms with van der Waals surface area (Å²) < 4.78 is 2.16. The largest absolute Gasteiger partial charge is 0.300 e. The van der Waals surface area contributed by atoms with Crippen LogP contribution in [0.5, 0.6) is 0 Å². The summed E-state index contributed by atoms with van der Waals surface area (Å²) in [6, 6.07) is 19.3. The van der Waals surface area contributed by atoms with Crippen molar-refractivity contribution in [3.05, 3.63) is 72.6 Å². The second kappa shape index (κ2) is 9.22. The van der Waals surface area contributed by atoms with Crippen molar-refractivity contribution in [1.82, 2.24) is 9.55 Å². The molecule has 0 radical (unpaired) electrons. The summed E-state index contributed by atoms with van der Waals surface area (Å²) in [6.07, 6.45) is 13.2. The number of hydrogen-bond donors (Lipinski definition) is 0. The molecule has 0 saturated carbocycles. The van der Waals surface area contributed by atoms with E-state index in [0.717, 1.165) is 11.4 Å². The van der Waals surface area contributed by atoms with E-state index in [1.165, 1.54) is 56.2 Å². The van der Waals surface area contributed by atoms with E-state index in [2.05, 4.69) is 65.0 Å². The molecular formula is C23H28N2. The van der Waals surface area contributed by atoms with Crippen LogP contribution in [0.25, 0.3) is 17.1 Å². The third-order valence-electron chi connectivity index (χ3n) is 4.71. The fourth-order valence-corrected chi connectivity index (χ4v) is 3.25. The van der Waals surface area contributed by atoms with E-state index in [1.807, 2.05) is 18.5 Å². The van der Waals surface area contributed by atoms with Crippen LogP contribution in [0.3, 0.4) is 0 Å². The van der Waals surface area contributed by atoms with Gasteiger partial charge in [-0.2, -0.15) is 0 Å². The standard InChI is InChI=1S/C23H28N2/c1-2-3-4-5-6-8-11-20-14-16-22(17-15-20)25-19-18-24-23(25)21-12-9-7-10-13-21/h7,9-10,12-19H,2-6,8,11H2,1H3. The lowest BCUT2D eigenvalue weighted by Gasteiger charge is -2.09. The van der Waals surface area contributed by atoms with Gasteiger partial charge in [0, 0.05) is 23.6 Å². The van der Waals surface area contributed by atoms with Crippen molar-refractivity contribution >= 4 is 0 Å². The molecule has 0 saturated heterocycles. The molecule has 3 rings (SSSR count). The van der Waals surface area contributed by atoms with Crippen LogP contribution < -0.4 is 0 Å². The summed E-state index contributed by atoms with van der Waals surface area (Å²) in [5.74, 6) is 0.990. The fourth-order valence-electron chi connectivity index (χ4n) is 3.25. The molecule has 0 aliphatic rings. The van der Waals surface area contributed by atoms with Gasteiger partial charge in [-0.05, 0) is 30.5 Å². The maximum atomic E-state index is 4.53. The van der Waals surface area contributed by atoms with Crippen molar-refractivity contribution in [2.45, 2.75) is 51.9 Å². The highest BCUT2D eigenvalue weighted by molar-refractivity contribution is 5.58. The van der Waals surface area contributed by atoms with Crippen molar-refractivity contribution < 1.29 is 0 Å². The molecule has 2 aromatic carbocycles. The molecule has 0 fully saturated rings. The summed E-state index contributed by atoms with van der Waals surface area (Å²) in [4.78, 5) is 4.53. The van der Waals surface area contributed by atoms with Crippen LogP contribution in [0.1, 0.15) is 51.0 Å². The monoisotopic (exact) mass is 332 g/mol. The zero-order valence-corrected chi connectivity index (χ0v) is 15.2. The van der Waals surface area contributed by atoms with Crippen LogP contribution in [-0.4, -0.2) is 9.55 Å². The van der Waals surface area contributed by atoms with E-state index in [4.69, 9.17) is 0 Å². The maximum absolute atomic E-state index is 4.53. The molecule has 3 aromatic rings. The third-order valence-corrected chi connectivity index (χ3v) is 4.71. The Morgan fingerprint density at radius 1 is 0.800 bits per heavy atom. The highest BCUT2D eigenvalue weighted by Crippen LogP contribution is 2.21. The first kappa shape index (κ1) is 17.5. The van der Waals surface area contributed by atoms with E-state index in [-0.39, 0.29) is 0 Å². The van der Waals surface area contributed by atoms with E-state index in [1.54, 1.807) is 0 Å². The van der Waals surface area contributed by atoms with Gasteiger partial charge in [-0.15, -0.1) is 0 Å². The van der Waals surface area contributed by atoms with Gasteiger partial charge in [0.25, 0.3) is 0 Å². The SMILES string of the molecule is CCCCCCCCc1ccc(-n2ccnc2-c2ccccc2)cc1. The lowest BCUT2D eigenvalue weighted by molar-refractivity contribution is 0.607. The van der Waals surface area contributed by atoms with E-state index >= 15 is 0 Å². The molecule has 25 heavy (non-hydrogen) atoms. The first-order valence-electron chi connectivity index (χ1n) is 9.56. The van der Waals surface area contributed by atoms with Crippen molar-refractivity contribution in [1.29, 1.82) is 0 Å². The second-order valence-corrected chi connectivity index (χ2v) is 6.67. The summed E-state index contributed by atoms with van der Waals surface area (Å²) in [6.45, 7) is 2.27. The molecule has 0 bridgehead atoms. The minimum atomic E-state index is 0.990. The summed E-state index contributed by atoms with van der Waals surface area (Å²) in [7, 11) is 0. The van der Waals surface area contributed by atoms with Crippen molar-refractivity contribution in [2.75, 3.05) is 0 Å². The molecule has 130 valence electrons. The molecule has 0 aliphatic heterocycles. The molecule has 0 unspecified atom stereocenters. The molecule has 0 amide bonds. The lowest BCUT2D eigenvalue weighted by atomic mass is 10.0. The van der Waals surface area contributed by atoms with Gasteiger partial charge >= 0.3 is 0 Å². The van der Waals surface area contributed by atoms with Crippen LogP contribution in [-0.2, 0) is 6.42 Å². The highest BCUT2D eigenvalue weighted by atomic mass is 15.1. The summed E-state index contributed by atoms with van der Waals surface area (Å²) in [5.41, 5.74) is 3.74. The predicted molar refractivity (Wildman–Crippen MR) is 106 cm³/mol. The number of aromatic nitrogens is 2. The Morgan fingerprint density at radius 3 is 2.28 bits per heavy atom. The minimum Gasteiger partial charge on any atom is -0.300 e. The summed E-state index contributed by atoms with van der Waals surface area (Å²) >= 11 is 0. The van der Waals surface area contributed by atoms with Crippen LogP contribution in [0.2, 0.25) is 0 Å². The van der Waals surface area contributed by atoms with Gasteiger partial charge in [0.05, 0.1) is 0 Å². The molecule has 0 N–H and O–H groups in total. The van der Waals surface area contributed by atoms with E-state index in [0.29, 0.717) is 0 Å². The third kappa shape index (κ3) is 4.82. The average Bonchev–Trinajstić information content (AvgIpc) is 3.16. The maximum Gasteiger partial charge on any atom is 0.144 e. The molecule has 0 spiro atoms. The van der Waals surface area contributed by atoms with Gasteiger partial charge in [0.15, 0.2) is 0 Å². The second-order valence-electron chi connectivity index (χ2n) is 6.67. The quantitative estimate of drug-likeness (QED) is 0.412.